The molecule has 160 valence electrons. The third-order valence-corrected chi connectivity index (χ3v) is 5.96. The van der Waals surface area contributed by atoms with Crippen LogP contribution in [-0.4, -0.2) is 54.5 Å². The Kier molecular flexibility index (Phi) is 6.74. The molecule has 1 aromatic carbocycles. The van der Waals surface area contributed by atoms with Crippen LogP contribution in [0, 0.1) is 5.92 Å². The molecular formula is C22H32ClN3O3. The van der Waals surface area contributed by atoms with Gasteiger partial charge in [0.2, 0.25) is 5.91 Å². The van der Waals surface area contributed by atoms with E-state index in [9.17, 15) is 9.59 Å². The van der Waals surface area contributed by atoms with Gasteiger partial charge in [-0.1, -0.05) is 11.6 Å². The molecule has 3 rings (SSSR count). The van der Waals surface area contributed by atoms with Crippen LogP contribution in [-0.2, 0) is 4.79 Å². The predicted octanol–water partition coefficient (Wildman–Crippen LogP) is 3.24. The van der Waals surface area contributed by atoms with Gasteiger partial charge in [-0.05, 0) is 70.6 Å². The summed E-state index contributed by atoms with van der Waals surface area (Å²) in [6.45, 7) is 7.12. The fraction of sp³-hybridized carbons (Fsp3) is 0.636. The van der Waals surface area contributed by atoms with Gasteiger partial charge in [0.25, 0.3) is 5.91 Å². The quantitative estimate of drug-likeness (QED) is 0.739. The number of hydrogen-bond donors (Lipinski definition) is 2. The molecule has 2 saturated heterocycles. The molecule has 2 bridgehead atoms. The number of rotatable bonds is 6. The first kappa shape index (κ1) is 21.9. The molecule has 3 atom stereocenters. The molecule has 1 unspecified atom stereocenters. The van der Waals surface area contributed by atoms with Crippen LogP contribution >= 0.6 is 11.6 Å². The minimum atomic E-state index is -0.207. The second kappa shape index (κ2) is 8.92. The highest BCUT2D eigenvalue weighted by atomic mass is 35.5. The van der Waals surface area contributed by atoms with Gasteiger partial charge in [-0.2, -0.15) is 0 Å². The van der Waals surface area contributed by atoms with Crippen LogP contribution in [0.25, 0.3) is 0 Å². The number of fused-ring (bicyclic) bond motifs is 2. The summed E-state index contributed by atoms with van der Waals surface area (Å²) in [5.74, 6) is 0.961. The molecule has 0 spiro atoms. The molecule has 2 aliphatic rings. The number of ether oxygens (including phenoxy) is 1. The van der Waals surface area contributed by atoms with Crippen molar-refractivity contribution in [3.05, 3.63) is 28.8 Å². The van der Waals surface area contributed by atoms with Crippen LogP contribution in [0.1, 0.15) is 56.8 Å². The predicted molar refractivity (Wildman–Crippen MR) is 114 cm³/mol. The number of amides is 2. The van der Waals surface area contributed by atoms with Crippen LogP contribution in [0.2, 0.25) is 5.02 Å². The van der Waals surface area contributed by atoms with Gasteiger partial charge in [0.05, 0.1) is 13.7 Å². The first-order valence-corrected chi connectivity index (χ1v) is 10.7. The first-order chi connectivity index (χ1) is 13.6. The van der Waals surface area contributed by atoms with E-state index in [2.05, 4.69) is 15.5 Å². The average molecular weight is 422 g/mol. The standard InChI is InChI=1S/C22H32ClN3O3/c1-22(2,3)25-20(27)13-26-17-5-6-18(26)8-14(7-17)12-24-21(28)15-9-16(23)11-19(10-15)29-4/h9-11,14,17-18H,5-8,12-13H2,1-4H3,(H,24,28)(H,25,27)/t14?,17-,18+. The van der Waals surface area contributed by atoms with Gasteiger partial charge in [0, 0.05) is 34.8 Å². The Morgan fingerprint density at radius 2 is 1.83 bits per heavy atom. The Morgan fingerprint density at radius 1 is 1.17 bits per heavy atom. The third kappa shape index (κ3) is 5.86. The van der Waals surface area contributed by atoms with E-state index in [1.54, 1.807) is 25.3 Å². The van der Waals surface area contributed by atoms with Crippen LogP contribution in [0.3, 0.4) is 0 Å². The maximum atomic E-state index is 12.5. The lowest BCUT2D eigenvalue weighted by Crippen LogP contribution is -2.52. The molecule has 29 heavy (non-hydrogen) atoms. The summed E-state index contributed by atoms with van der Waals surface area (Å²) in [5, 5.41) is 6.59. The molecule has 2 amide bonds. The van der Waals surface area contributed by atoms with Crippen molar-refractivity contribution in [2.24, 2.45) is 5.92 Å². The highest BCUT2D eigenvalue weighted by molar-refractivity contribution is 6.31. The number of carbonyl (C=O) groups excluding carboxylic acids is 2. The normalized spacial score (nSPS) is 24.2. The number of nitrogens with one attached hydrogen (secondary N) is 2. The molecule has 2 heterocycles. The van der Waals surface area contributed by atoms with E-state index in [4.69, 9.17) is 16.3 Å². The van der Waals surface area contributed by atoms with Gasteiger partial charge in [-0.15, -0.1) is 0 Å². The lowest BCUT2D eigenvalue weighted by Gasteiger charge is -2.39. The van der Waals surface area contributed by atoms with E-state index in [0.29, 0.717) is 47.4 Å². The van der Waals surface area contributed by atoms with Crippen molar-refractivity contribution in [1.82, 2.24) is 15.5 Å². The monoisotopic (exact) mass is 421 g/mol. The zero-order valence-corrected chi connectivity index (χ0v) is 18.5. The van der Waals surface area contributed by atoms with Crippen molar-refractivity contribution in [2.45, 2.75) is 64.1 Å². The zero-order chi connectivity index (χ0) is 21.2. The molecule has 2 aliphatic heterocycles. The summed E-state index contributed by atoms with van der Waals surface area (Å²) >= 11 is 6.07. The zero-order valence-electron chi connectivity index (χ0n) is 17.8. The Hall–Kier alpha value is -1.79. The summed E-state index contributed by atoms with van der Waals surface area (Å²) in [4.78, 5) is 27.3. The molecule has 6 nitrogen and oxygen atoms in total. The molecule has 2 N–H and O–H groups in total. The fourth-order valence-electron chi connectivity index (χ4n) is 4.59. The van der Waals surface area contributed by atoms with Crippen molar-refractivity contribution in [3.63, 3.8) is 0 Å². The van der Waals surface area contributed by atoms with E-state index in [1.807, 2.05) is 20.8 Å². The van der Waals surface area contributed by atoms with Gasteiger partial charge in [-0.3, -0.25) is 14.5 Å². The van der Waals surface area contributed by atoms with Crippen LogP contribution in [0.15, 0.2) is 18.2 Å². The molecular weight excluding hydrogens is 390 g/mol. The summed E-state index contributed by atoms with van der Waals surface area (Å²) in [6, 6.07) is 5.88. The second-order valence-corrected chi connectivity index (χ2v) is 9.72. The fourth-order valence-corrected chi connectivity index (χ4v) is 4.81. The lowest BCUT2D eigenvalue weighted by atomic mass is 9.90. The topological polar surface area (TPSA) is 70.7 Å². The number of piperidine rings is 1. The third-order valence-electron chi connectivity index (χ3n) is 5.74. The van der Waals surface area contributed by atoms with E-state index in [0.717, 1.165) is 25.7 Å². The average Bonchev–Trinajstić information content (AvgIpc) is 2.86. The van der Waals surface area contributed by atoms with Gasteiger partial charge < -0.3 is 15.4 Å². The SMILES string of the molecule is COc1cc(Cl)cc(C(=O)NCC2C[C@H]3CC[C@@H](C2)N3CC(=O)NC(C)(C)C)c1. The van der Waals surface area contributed by atoms with Crippen LogP contribution < -0.4 is 15.4 Å². The molecule has 0 saturated carbocycles. The van der Waals surface area contributed by atoms with E-state index in [1.165, 1.54) is 0 Å². The Labute approximate surface area is 178 Å². The highest BCUT2D eigenvalue weighted by Crippen LogP contribution is 2.38. The minimum absolute atomic E-state index is 0.0936. The number of hydrogen-bond acceptors (Lipinski definition) is 4. The number of methoxy groups -OCH3 is 1. The largest absolute Gasteiger partial charge is 0.497 e. The molecule has 0 aliphatic carbocycles. The van der Waals surface area contributed by atoms with E-state index >= 15 is 0 Å². The maximum Gasteiger partial charge on any atom is 0.251 e. The molecule has 0 aromatic heterocycles. The molecule has 2 fully saturated rings. The van der Waals surface area contributed by atoms with Gasteiger partial charge in [-0.25, -0.2) is 0 Å². The summed E-state index contributed by atoms with van der Waals surface area (Å²) in [7, 11) is 1.55. The number of halogens is 1. The number of benzene rings is 1. The van der Waals surface area contributed by atoms with Crippen molar-refractivity contribution < 1.29 is 14.3 Å². The molecule has 0 radical (unpaired) electrons. The summed E-state index contributed by atoms with van der Waals surface area (Å²) in [6.07, 6.45) is 4.28. The van der Waals surface area contributed by atoms with E-state index < -0.39 is 0 Å². The highest BCUT2D eigenvalue weighted by Gasteiger charge is 2.41. The minimum Gasteiger partial charge on any atom is -0.497 e. The summed E-state index contributed by atoms with van der Waals surface area (Å²) < 4.78 is 5.19. The van der Waals surface area contributed by atoms with Gasteiger partial charge in [0.15, 0.2) is 0 Å². The van der Waals surface area contributed by atoms with Crippen LogP contribution in [0.5, 0.6) is 5.75 Å². The van der Waals surface area contributed by atoms with Crippen molar-refractivity contribution in [2.75, 3.05) is 20.2 Å². The first-order valence-electron chi connectivity index (χ1n) is 10.3. The van der Waals surface area contributed by atoms with Crippen molar-refractivity contribution in [1.29, 1.82) is 0 Å². The van der Waals surface area contributed by atoms with Crippen LogP contribution in [0.4, 0.5) is 0 Å². The van der Waals surface area contributed by atoms with Crippen molar-refractivity contribution >= 4 is 23.4 Å². The molecule has 7 heteroatoms. The Bertz CT molecular complexity index is 748. The second-order valence-electron chi connectivity index (χ2n) is 9.28. The lowest BCUT2D eigenvalue weighted by molar-refractivity contribution is -0.125. The molecule has 1 aromatic rings. The van der Waals surface area contributed by atoms with Gasteiger partial charge in [0.1, 0.15) is 5.75 Å². The Morgan fingerprint density at radius 3 is 2.41 bits per heavy atom. The Balaban J connectivity index is 1.52. The van der Waals surface area contributed by atoms with Crippen molar-refractivity contribution in [3.8, 4) is 5.75 Å². The van der Waals surface area contributed by atoms with Gasteiger partial charge >= 0.3 is 0 Å². The number of nitrogens with zero attached hydrogens (tertiary/aromatic N) is 1. The summed E-state index contributed by atoms with van der Waals surface area (Å²) in [5.41, 5.74) is 0.301. The smallest absolute Gasteiger partial charge is 0.251 e. The number of carbonyl (C=O) groups is 2. The van der Waals surface area contributed by atoms with E-state index in [-0.39, 0.29) is 17.4 Å². The maximum absolute atomic E-state index is 12.5.